The van der Waals surface area contributed by atoms with E-state index in [1.165, 1.54) is 18.3 Å². The van der Waals surface area contributed by atoms with Crippen LogP contribution in [0.1, 0.15) is 34.0 Å². The van der Waals surface area contributed by atoms with Crippen LogP contribution in [-0.2, 0) is 6.61 Å². The molecule has 3 rings (SSSR count). The lowest BCUT2D eigenvalue weighted by atomic mass is 10.1. The van der Waals surface area contributed by atoms with E-state index >= 15 is 0 Å². The molecule has 164 valence electrons. The molecule has 0 bridgehead atoms. The fraction of sp³-hybridized carbons (Fsp3) is 0.167. The van der Waals surface area contributed by atoms with Gasteiger partial charge in [-0.2, -0.15) is 5.10 Å². The first kappa shape index (κ1) is 22.5. The average molecular weight is 433 g/mol. The van der Waals surface area contributed by atoms with Crippen LogP contribution in [0, 0.1) is 17.0 Å². The summed E-state index contributed by atoms with van der Waals surface area (Å²) in [6, 6.07) is 18.7. The minimum Gasteiger partial charge on any atom is -0.490 e. The standard InChI is InChI=1S/C24H23N3O5/c1-3-31-23-14-19(15-25-26-24(28)20-6-4-5-17(2)13-20)9-12-22(23)32-16-18-7-10-21(11-8-18)27(29)30/h4-15H,3,16H2,1-2H3,(H,26,28)/b25-15+. The minimum atomic E-state index is -0.443. The number of nitrogens with zero attached hydrogens (tertiary/aromatic N) is 2. The molecule has 0 fully saturated rings. The number of nitrogens with one attached hydrogen (secondary N) is 1. The number of amides is 1. The van der Waals surface area contributed by atoms with Gasteiger partial charge in [0.15, 0.2) is 11.5 Å². The normalized spacial score (nSPS) is 10.7. The van der Waals surface area contributed by atoms with E-state index in [-0.39, 0.29) is 18.2 Å². The maximum absolute atomic E-state index is 12.2. The Labute approximate surface area is 185 Å². The third kappa shape index (κ3) is 6.15. The number of hydrazone groups is 1. The Morgan fingerprint density at radius 3 is 2.53 bits per heavy atom. The lowest BCUT2D eigenvalue weighted by molar-refractivity contribution is -0.384. The summed E-state index contributed by atoms with van der Waals surface area (Å²) in [5.74, 6) is 0.771. The van der Waals surface area contributed by atoms with Gasteiger partial charge in [0.1, 0.15) is 6.61 Å². The second kappa shape index (κ2) is 10.7. The highest BCUT2D eigenvalue weighted by atomic mass is 16.6. The van der Waals surface area contributed by atoms with Crippen molar-refractivity contribution in [2.45, 2.75) is 20.5 Å². The van der Waals surface area contributed by atoms with Crippen molar-refractivity contribution in [2.75, 3.05) is 6.61 Å². The van der Waals surface area contributed by atoms with Gasteiger partial charge in [-0.05, 0) is 67.4 Å². The quantitative estimate of drug-likeness (QED) is 0.301. The SMILES string of the molecule is CCOc1cc(/C=N/NC(=O)c2cccc(C)c2)ccc1OCc1ccc([N+](=O)[O-])cc1. The molecule has 32 heavy (non-hydrogen) atoms. The van der Waals surface area contributed by atoms with Gasteiger partial charge in [-0.3, -0.25) is 14.9 Å². The fourth-order valence-corrected chi connectivity index (χ4v) is 2.88. The highest BCUT2D eigenvalue weighted by molar-refractivity contribution is 5.95. The van der Waals surface area contributed by atoms with Crippen molar-refractivity contribution in [3.05, 3.63) is 99.1 Å². The lowest BCUT2D eigenvalue weighted by Gasteiger charge is -2.12. The number of ether oxygens (including phenoxy) is 2. The van der Waals surface area contributed by atoms with Gasteiger partial charge in [-0.15, -0.1) is 0 Å². The molecule has 0 saturated heterocycles. The van der Waals surface area contributed by atoms with Crippen molar-refractivity contribution < 1.29 is 19.2 Å². The molecule has 0 radical (unpaired) electrons. The van der Waals surface area contributed by atoms with E-state index < -0.39 is 4.92 Å². The van der Waals surface area contributed by atoms with Crippen molar-refractivity contribution in [3.63, 3.8) is 0 Å². The Bertz CT molecular complexity index is 1130. The summed E-state index contributed by atoms with van der Waals surface area (Å²) in [5, 5.41) is 14.8. The Hall–Kier alpha value is -4.20. The summed E-state index contributed by atoms with van der Waals surface area (Å²) < 4.78 is 11.5. The molecule has 0 unspecified atom stereocenters. The van der Waals surface area contributed by atoms with Crippen molar-refractivity contribution >= 4 is 17.8 Å². The van der Waals surface area contributed by atoms with Crippen LogP contribution >= 0.6 is 0 Å². The number of nitro benzene ring substituents is 1. The number of carbonyl (C=O) groups is 1. The van der Waals surface area contributed by atoms with Crippen LogP contribution in [0.15, 0.2) is 71.8 Å². The van der Waals surface area contributed by atoms with Crippen LogP contribution in [0.2, 0.25) is 0 Å². The first-order valence-electron chi connectivity index (χ1n) is 9.99. The molecular weight excluding hydrogens is 410 g/mol. The summed E-state index contributed by atoms with van der Waals surface area (Å²) >= 11 is 0. The molecular formula is C24H23N3O5. The molecule has 1 N–H and O–H groups in total. The number of rotatable bonds is 9. The predicted octanol–water partition coefficient (Wildman–Crippen LogP) is 4.64. The van der Waals surface area contributed by atoms with Crippen LogP contribution < -0.4 is 14.9 Å². The predicted molar refractivity (Wildman–Crippen MR) is 121 cm³/mol. The number of hydrogen-bond donors (Lipinski definition) is 1. The number of nitro groups is 1. The maximum atomic E-state index is 12.2. The second-order valence-electron chi connectivity index (χ2n) is 6.92. The minimum absolute atomic E-state index is 0.0295. The van der Waals surface area contributed by atoms with Gasteiger partial charge in [0.2, 0.25) is 0 Å². The summed E-state index contributed by atoms with van der Waals surface area (Å²) in [6.45, 7) is 4.46. The molecule has 0 aliphatic rings. The summed E-state index contributed by atoms with van der Waals surface area (Å²) in [4.78, 5) is 22.5. The van der Waals surface area contributed by atoms with Crippen molar-refractivity contribution in [1.82, 2.24) is 5.43 Å². The molecule has 3 aromatic rings. The highest BCUT2D eigenvalue weighted by Crippen LogP contribution is 2.29. The zero-order chi connectivity index (χ0) is 22.9. The molecule has 0 saturated carbocycles. The van der Waals surface area contributed by atoms with E-state index in [0.29, 0.717) is 23.7 Å². The first-order valence-corrected chi connectivity index (χ1v) is 9.99. The molecule has 0 aliphatic carbocycles. The van der Waals surface area contributed by atoms with Crippen LogP contribution in [-0.4, -0.2) is 23.7 Å². The van der Waals surface area contributed by atoms with E-state index in [1.54, 1.807) is 42.5 Å². The molecule has 1 amide bonds. The third-order valence-electron chi connectivity index (χ3n) is 4.47. The Balaban J connectivity index is 1.65. The summed E-state index contributed by atoms with van der Waals surface area (Å²) in [5.41, 5.74) is 5.58. The number of non-ortho nitro benzene ring substituents is 1. The smallest absolute Gasteiger partial charge is 0.271 e. The van der Waals surface area contributed by atoms with Crippen molar-refractivity contribution in [3.8, 4) is 11.5 Å². The summed E-state index contributed by atoms with van der Waals surface area (Å²) in [6.07, 6.45) is 1.52. The van der Waals surface area contributed by atoms with E-state index in [4.69, 9.17) is 9.47 Å². The van der Waals surface area contributed by atoms with Gasteiger partial charge >= 0.3 is 0 Å². The van der Waals surface area contributed by atoms with E-state index in [1.807, 2.05) is 26.0 Å². The highest BCUT2D eigenvalue weighted by Gasteiger charge is 2.09. The fourth-order valence-electron chi connectivity index (χ4n) is 2.88. The van der Waals surface area contributed by atoms with Gasteiger partial charge in [0, 0.05) is 17.7 Å². The van der Waals surface area contributed by atoms with E-state index in [0.717, 1.165) is 16.7 Å². The average Bonchev–Trinajstić information content (AvgIpc) is 2.79. The Kier molecular flexibility index (Phi) is 7.53. The molecule has 0 spiro atoms. The van der Waals surface area contributed by atoms with Crippen LogP contribution in [0.4, 0.5) is 5.69 Å². The largest absolute Gasteiger partial charge is 0.490 e. The van der Waals surface area contributed by atoms with E-state index in [9.17, 15) is 14.9 Å². The van der Waals surface area contributed by atoms with Crippen molar-refractivity contribution in [1.29, 1.82) is 0 Å². The molecule has 0 aromatic heterocycles. The molecule has 8 heteroatoms. The van der Waals surface area contributed by atoms with Crippen LogP contribution in [0.5, 0.6) is 11.5 Å². The van der Waals surface area contributed by atoms with Crippen molar-refractivity contribution in [2.24, 2.45) is 5.10 Å². The van der Waals surface area contributed by atoms with Gasteiger partial charge in [0.25, 0.3) is 11.6 Å². The Morgan fingerprint density at radius 2 is 1.84 bits per heavy atom. The molecule has 0 atom stereocenters. The van der Waals surface area contributed by atoms with Crippen LogP contribution in [0.25, 0.3) is 0 Å². The Morgan fingerprint density at radius 1 is 1.06 bits per heavy atom. The number of carbonyl (C=O) groups excluding carboxylic acids is 1. The first-order chi connectivity index (χ1) is 15.5. The second-order valence-corrected chi connectivity index (χ2v) is 6.92. The zero-order valence-corrected chi connectivity index (χ0v) is 17.8. The van der Waals surface area contributed by atoms with Crippen LogP contribution in [0.3, 0.4) is 0 Å². The van der Waals surface area contributed by atoms with Gasteiger partial charge < -0.3 is 9.47 Å². The molecule has 0 aliphatic heterocycles. The summed E-state index contributed by atoms with van der Waals surface area (Å²) in [7, 11) is 0. The number of hydrogen-bond acceptors (Lipinski definition) is 6. The third-order valence-corrected chi connectivity index (χ3v) is 4.47. The topological polar surface area (TPSA) is 103 Å². The number of aryl methyl sites for hydroxylation is 1. The van der Waals surface area contributed by atoms with E-state index in [2.05, 4.69) is 10.5 Å². The molecule has 8 nitrogen and oxygen atoms in total. The monoisotopic (exact) mass is 433 g/mol. The zero-order valence-electron chi connectivity index (χ0n) is 17.8. The van der Waals surface area contributed by atoms with Gasteiger partial charge in [0.05, 0.1) is 17.7 Å². The van der Waals surface area contributed by atoms with Gasteiger partial charge in [-0.1, -0.05) is 17.7 Å². The number of benzene rings is 3. The molecule has 0 heterocycles. The maximum Gasteiger partial charge on any atom is 0.271 e. The van der Waals surface area contributed by atoms with Gasteiger partial charge in [-0.25, -0.2) is 5.43 Å². The lowest BCUT2D eigenvalue weighted by Crippen LogP contribution is -2.17. The molecule has 3 aromatic carbocycles.